The summed E-state index contributed by atoms with van der Waals surface area (Å²) in [6, 6.07) is 0. The van der Waals surface area contributed by atoms with E-state index < -0.39 is 0 Å². The van der Waals surface area contributed by atoms with Crippen LogP contribution in [0.25, 0.3) is 0 Å². The molecule has 1 aliphatic carbocycles. The van der Waals surface area contributed by atoms with Crippen molar-refractivity contribution in [2.45, 2.75) is 85.2 Å². The van der Waals surface area contributed by atoms with Gasteiger partial charge in [-0.05, 0) is 42.9 Å². The Morgan fingerprint density at radius 1 is 1.24 bits per heavy atom. The molecule has 0 heterocycles. The number of aliphatic hydroxyl groups excluding tert-OH is 1. The number of rotatable bonds is 5. The van der Waals surface area contributed by atoms with Crippen LogP contribution in [0.1, 0.15) is 79.1 Å². The fraction of sp³-hybridized carbons (Fsp3) is 1.00. The van der Waals surface area contributed by atoms with Gasteiger partial charge in [0.25, 0.3) is 0 Å². The summed E-state index contributed by atoms with van der Waals surface area (Å²) in [6.45, 7) is 9.15. The van der Waals surface area contributed by atoms with Crippen molar-refractivity contribution < 1.29 is 5.11 Å². The van der Waals surface area contributed by atoms with Gasteiger partial charge in [0.2, 0.25) is 0 Å². The monoisotopic (exact) mass is 240 g/mol. The molecule has 0 aliphatic heterocycles. The van der Waals surface area contributed by atoms with E-state index >= 15 is 0 Å². The van der Waals surface area contributed by atoms with E-state index in [2.05, 4.69) is 27.7 Å². The van der Waals surface area contributed by atoms with Gasteiger partial charge in [0.15, 0.2) is 0 Å². The summed E-state index contributed by atoms with van der Waals surface area (Å²) in [5.74, 6) is 1.47. The highest BCUT2D eigenvalue weighted by atomic mass is 16.3. The summed E-state index contributed by atoms with van der Waals surface area (Å²) in [5.41, 5.74) is 0.415. The predicted octanol–water partition coefficient (Wildman–Crippen LogP) is 4.78. The van der Waals surface area contributed by atoms with E-state index in [0.717, 1.165) is 12.3 Å². The van der Waals surface area contributed by atoms with E-state index in [1.165, 1.54) is 44.9 Å². The predicted molar refractivity (Wildman–Crippen MR) is 75.1 cm³/mol. The molecule has 0 spiro atoms. The molecule has 0 saturated heterocycles. The zero-order chi connectivity index (χ0) is 12.9. The highest BCUT2D eigenvalue weighted by Gasteiger charge is 2.26. The Balaban J connectivity index is 2.24. The molecule has 3 atom stereocenters. The van der Waals surface area contributed by atoms with E-state index in [1.54, 1.807) is 0 Å². The minimum absolute atomic E-state index is 0.0355. The molecule has 1 fully saturated rings. The third-order valence-corrected chi connectivity index (χ3v) is 4.37. The molecule has 1 saturated carbocycles. The summed E-state index contributed by atoms with van der Waals surface area (Å²) in [4.78, 5) is 0. The normalized spacial score (nSPS) is 28.1. The second kappa shape index (κ2) is 6.78. The van der Waals surface area contributed by atoms with Gasteiger partial charge in [-0.2, -0.15) is 0 Å². The van der Waals surface area contributed by atoms with E-state index in [0.29, 0.717) is 11.3 Å². The molecule has 1 N–H and O–H groups in total. The van der Waals surface area contributed by atoms with Gasteiger partial charge >= 0.3 is 0 Å². The SMILES string of the molecule is CCC1CCCC(C(O)CCCC(C)(C)C)C1. The highest BCUT2D eigenvalue weighted by Crippen LogP contribution is 2.34. The zero-order valence-corrected chi connectivity index (χ0v) is 12.3. The first-order chi connectivity index (χ1) is 7.92. The Labute approximate surface area is 108 Å². The topological polar surface area (TPSA) is 20.2 Å². The van der Waals surface area contributed by atoms with Crippen molar-refractivity contribution in [2.75, 3.05) is 0 Å². The lowest BCUT2D eigenvalue weighted by molar-refractivity contribution is 0.0576. The summed E-state index contributed by atoms with van der Waals surface area (Å²) >= 11 is 0. The van der Waals surface area contributed by atoms with Crippen molar-refractivity contribution in [3.63, 3.8) is 0 Å². The zero-order valence-electron chi connectivity index (χ0n) is 12.3. The molecule has 1 heteroatoms. The Hall–Kier alpha value is -0.0400. The maximum absolute atomic E-state index is 10.3. The quantitative estimate of drug-likeness (QED) is 0.733. The second-order valence-electron chi connectivity index (χ2n) is 7.22. The van der Waals surface area contributed by atoms with Gasteiger partial charge in [-0.25, -0.2) is 0 Å². The first-order valence-corrected chi connectivity index (χ1v) is 7.60. The molecular weight excluding hydrogens is 208 g/mol. The molecule has 1 nitrogen and oxygen atoms in total. The van der Waals surface area contributed by atoms with Crippen LogP contribution in [0.4, 0.5) is 0 Å². The fourth-order valence-electron chi connectivity index (χ4n) is 3.13. The van der Waals surface area contributed by atoms with Crippen molar-refractivity contribution in [3.8, 4) is 0 Å². The molecule has 0 radical (unpaired) electrons. The van der Waals surface area contributed by atoms with Crippen molar-refractivity contribution in [1.29, 1.82) is 0 Å². The van der Waals surface area contributed by atoms with Crippen LogP contribution in [0.5, 0.6) is 0 Å². The van der Waals surface area contributed by atoms with Crippen LogP contribution >= 0.6 is 0 Å². The molecule has 1 rings (SSSR count). The summed E-state index contributed by atoms with van der Waals surface area (Å²) in [5, 5.41) is 10.3. The number of hydrogen-bond donors (Lipinski definition) is 1. The van der Waals surface area contributed by atoms with Crippen molar-refractivity contribution in [2.24, 2.45) is 17.3 Å². The summed E-state index contributed by atoms with van der Waals surface area (Å²) < 4.78 is 0. The maximum Gasteiger partial charge on any atom is 0.0568 e. The Morgan fingerprint density at radius 2 is 1.94 bits per heavy atom. The maximum atomic E-state index is 10.3. The Bertz CT molecular complexity index is 204. The minimum atomic E-state index is -0.0355. The minimum Gasteiger partial charge on any atom is -0.393 e. The molecule has 0 bridgehead atoms. The molecule has 3 unspecified atom stereocenters. The van der Waals surface area contributed by atoms with Crippen LogP contribution in [0.3, 0.4) is 0 Å². The number of hydrogen-bond acceptors (Lipinski definition) is 1. The van der Waals surface area contributed by atoms with Crippen LogP contribution in [-0.4, -0.2) is 11.2 Å². The average Bonchev–Trinajstić information content (AvgIpc) is 2.27. The van der Waals surface area contributed by atoms with Crippen LogP contribution < -0.4 is 0 Å². The van der Waals surface area contributed by atoms with Gasteiger partial charge in [0.1, 0.15) is 0 Å². The lowest BCUT2D eigenvalue weighted by Crippen LogP contribution is -2.26. The van der Waals surface area contributed by atoms with Gasteiger partial charge < -0.3 is 5.11 Å². The van der Waals surface area contributed by atoms with E-state index in [4.69, 9.17) is 0 Å². The first-order valence-electron chi connectivity index (χ1n) is 7.60. The van der Waals surface area contributed by atoms with Crippen molar-refractivity contribution in [3.05, 3.63) is 0 Å². The van der Waals surface area contributed by atoms with Gasteiger partial charge in [0, 0.05) is 0 Å². The van der Waals surface area contributed by atoms with Crippen LogP contribution in [0.15, 0.2) is 0 Å². The molecule has 0 aromatic carbocycles. The molecule has 17 heavy (non-hydrogen) atoms. The lowest BCUT2D eigenvalue weighted by atomic mass is 9.76. The van der Waals surface area contributed by atoms with E-state index in [9.17, 15) is 5.11 Å². The third-order valence-electron chi connectivity index (χ3n) is 4.37. The van der Waals surface area contributed by atoms with E-state index in [1.807, 2.05) is 0 Å². The van der Waals surface area contributed by atoms with Gasteiger partial charge in [-0.3, -0.25) is 0 Å². The molecule has 102 valence electrons. The van der Waals surface area contributed by atoms with Crippen LogP contribution in [-0.2, 0) is 0 Å². The first kappa shape index (κ1) is 15.0. The Kier molecular flexibility index (Phi) is 5.99. The summed E-state index contributed by atoms with van der Waals surface area (Å²) in [6.07, 6.45) is 9.93. The molecule has 1 aliphatic rings. The smallest absolute Gasteiger partial charge is 0.0568 e. The van der Waals surface area contributed by atoms with Crippen molar-refractivity contribution in [1.82, 2.24) is 0 Å². The van der Waals surface area contributed by atoms with Gasteiger partial charge in [-0.15, -0.1) is 0 Å². The Morgan fingerprint density at radius 3 is 2.53 bits per heavy atom. The van der Waals surface area contributed by atoms with Gasteiger partial charge in [0.05, 0.1) is 6.10 Å². The van der Waals surface area contributed by atoms with E-state index in [-0.39, 0.29) is 6.10 Å². The molecule has 0 amide bonds. The highest BCUT2D eigenvalue weighted by molar-refractivity contribution is 4.78. The largest absolute Gasteiger partial charge is 0.393 e. The average molecular weight is 240 g/mol. The van der Waals surface area contributed by atoms with Crippen LogP contribution in [0.2, 0.25) is 0 Å². The molecule has 0 aromatic rings. The molecule has 0 aromatic heterocycles. The number of aliphatic hydroxyl groups is 1. The lowest BCUT2D eigenvalue weighted by Gasteiger charge is -2.32. The second-order valence-corrected chi connectivity index (χ2v) is 7.22. The fourth-order valence-corrected chi connectivity index (χ4v) is 3.13. The standard InChI is InChI=1S/C16H32O/c1-5-13-8-6-9-14(12-13)15(17)10-7-11-16(2,3)4/h13-15,17H,5-12H2,1-4H3. The van der Waals surface area contributed by atoms with Crippen LogP contribution in [0, 0.1) is 17.3 Å². The third kappa shape index (κ3) is 5.90. The van der Waals surface area contributed by atoms with Crippen molar-refractivity contribution >= 4 is 0 Å². The molecular formula is C16H32O. The summed E-state index contributed by atoms with van der Waals surface area (Å²) in [7, 11) is 0. The van der Waals surface area contributed by atoms with Gasteiger partial charge in [-0.1, -0.05) is 53.4 Å².